The highest BCUT2D eigenvalue weighted by atomic mass is 16.2. The molecule has 19 heavy (non-hydrogen) atoms. The molecule has 98 valence electrons. The summed E-state index contributed by atoms with van der Waals surface area (Å²) in [5, 5.41) is 8.91. The molecule has 1 atom stereocenters. The van der Waals surface area contributed by atoms with E-state index in [1.807, 2.05) is 31.2 Å². The Labute approximate surface area is 111 Å². The van der Waals surface area contributed by atoms with Gasteiger partial charge in [-0.1, -0.05) is 13.0 Å². The van der Waals surface area contributed by atoms with E-state index >= 15 is 0 Å². The highest BCUT2D eigenvalue weighted by Crippen LogP contribution is 2.14. The second kappa shape index (κ2) is 5.53. The van der Waals surface area contributed by atoms with E-state index in [2.05, 4.69) is 9.97 Å². The van der Waals surface area contributed by atoms with E-state index in [0.717, 1.165) is 16.6 Å². The molecule has 0 aliphatic carbocycles. The molecule has 1 N–H and O–H groups in total. The first-order chi connectivity index (χ1) is 9.15. The number of aromatic amines is 1. The Balaban J connectivity index is 2.11. The largest absolute Gasteiger partial charge is 0.345 e. The number of aromatic nitrogens is 2. The van der Waals surface area contributed by atoms with Gasteiger partial charge in [0.15, 0.2) is 0 Å². The number of carbonyl (C=O) groups is 1. The number of hydrogen-bond donors (Lipinski definition) is 1. The lowest BCUT2D eigenvalue weighted by Gasteiger charge is -2.19. The number of amides is 1. The van der Waals surface area contributed by atoms with Crippen LogP contribution in [0.4, 0.5) is 0 Å². The van der Waals surface area contributed by atoms with Crippen molar-refractivity contribution in [1.29, 1.82) is 5.26 Å². The maximum absolute atomic E-state index is 12.0. The quantitative estimate of drug-likeness (QED) is 0.910. The van der Waals surface area contributed by atoms with Gasteiger partial charge in [0.1, 0.15) is 5.92 Å². The summed E-state index contributed by atoms with van der Waals surface area (Å²) in [7, 11) is 1.72. The molecule has 2 rings (SSSR count). The van der Waals surface area contributed by atoms with Gasteiger partial charge in [-0.3, -0.25) is 4.79 Å². The summed E-state index contributed by atoms with van der Waals surface area (Å²) >= 11 is 0. The summed E-state index contributed by atoms with van der Waals surface area (Å²) in [6.07, 6.45) is 2.19. The number of carbonyl (C=O) groups excluding carboxylic acids is 1. The standard InChI is InChI=1S/C14H16N4O/c1-3-11(7-15)14(19)18(2)8-10-4-5-12-13(6-10)17-9-16-12/h4-6,9,11H,3,8H2,1-2H3,(H,16,17). The minimum absolute atomic E-state index is 0.130. The summed E-state index contributed by atoms with van der Waals surface area (Å²) in [6.45, 7) is 2.34. The van der Waals surface area contributed by atoms with Crippen LogP contribution in [0.15, 0.2) is 24.5 Å². The molecule has 1 heterocycles. The van der Waals surface area contributed by atoms with E-state index in [-0.39, 0.29) is 5.91 Å². The predicted molar refractivity (Wildman–Crippen MR) is 72.0 cm³/mol. The lowest BCUT2D eigenvalue weighted by molar-refractivity contribution is -0.133. The van der Waals surface area contributed by atoms with Crippen LogP contribution in [0.2, 0.25) is 0 Å². The molecule has 5 heteroatoms. The number of nitrogens with zero attached hydrogens (tertiary/aromatic N) is 3. The molecule has 0 saturated carbocycles. The highest BCUT2D eigenvalue weighted by molar-refractivity contribution is 5.81. The van der Waals surface area contributed by atoms with Gasteiger partial charge >= 0.3 is 0 Å². The van der Waals surface area contributed by atoms with Gasteiger partial charge < -0.3 is 9.88 Å². The Morgan fingerprint density at radius 2 is 2.37 bits per heavy atom. The number of rotatable bonds is 4. The van der Waals surface area contributed by atoms with Crippen LogP contribution >= 0.6 is 0 Å². The molecule has 5 nitrogen and oxygen atoms in total. The number of nitriles is 1. The van der Waals surface area contributed by atoms with Crippen molar-refractivity contribution in [2.24, 2.45) is 5.92 Å². The second-order valence-corrected chi connectivity index (χ2v) is 4.54. The first-order valence-corrected chi connectivity index (χ1v) is 6.22. The number of imidazole rings is 1. The Bertz CT molecular complexity index is 626. The topological polar surface area (TPSA) is 72.8 Å². The third-order valence-corrected chi connectivity index (χ3v) is 3.14. The maximum Gasteiger partial charge on any atom is 0.239 e. The molecular formula is C14H16N4O. The fraction of sp³-hybridized carbons (Fsp3) is 0.357. The Kier molecular flexibility index (Phi) is 3.81. The van der Waals surface area contributed by atoms with Crippen molar-refractivity contribution in [3.05, 3.63) is 30.1 Å². The van der Waals surface area contributed by atoms with E-state index in [0.29, 0.717) is 13.0 Å². The molecule has 2 aromatic rings. The van der Waals surface area contributed by atoms with Crippen molar-refractivity contribution in [3.63, 3.8) is 0 Å². The van der Waals surface area contributed by atoms with E-state index in [9.17, 15) is 4.79 Å². The van der Waals surface area contributed by atoms with Gasteiger partial charge in [-0.05, 0) is 24.1 Å². The zero-order chi connectivity index (χ0) is 13.8. The van der Waals surface area contributed by atoms with Crippen molar-refractivity contribution in [1.82, 2.24) is 14.9 Å². The molecule has 1 unspecified atom stereocenters. The average Bonchev–Trinajstić information content (AvgIpc) is 2.87. The van der Waals surface area contributed by atoms with Gasteiger partial charge in [0.05, 0.1) is 23.4 Å². The van der Waals surface area contributed by atoms with Crippen molar-refractivity contribution >= 4 is 16.9 Å². The smallest absolute Gasteiger partial charge is 0.239 e. The zero-order valence-corrected chi connectivity index (χ0v) is 11.1. The molecule has 1 amide bonds. The number of hydrogen-bond acceptors (Lipinski definition) is 3. The fourth-order valence-electron chi connectivity index (χ4n) is 2.02. The molecule has 0 radical (unpaired) electrons. The lowest BCUT2D eigenvalue weighted by Crippen LogP contribution is -2.31. The highest BCUT2D eigenvalue weighted by Gasteiger charge is 2.19. The number of fused-ring (bicyclic) bond motifs is 1. The van der Waals surface area contributed by atoms with Crippen molar-refractivity contribution in [3.8, 4) is 6.07 Å². The lowest BCUT2D eigenvalue weighted by atomic mass is 10.1. The van der Waals surface area contributed by atoms with Crippen molar-refractivity contribution in [2.75, 3.05) is 7.05 Å². The summed E-state index contributed by atoms with van der Waals surface area (Å²) < 4.78 is 0. The van der Waals surface area contributed by atoms with E-state index in [1.54, 1.807) is 18.3 Å². The summed E-state index contributed by atoms with van der Waals surface area (Å²) in [4.78, 5) is 20.8. The monoisotopic (exact) mass is 256 g/mol. The van der Waals surface area contributed by atoms with Crippen LogP contribution in [0.5, 0.6) is 0 Å². The van der Waals surface area contributed by atoms with Crippen LogP contribution in [0.3, 0.4) is 0 Å². The molecule has 0 saturated heterocycles. The van der Waals surface area contributed by atoms with Crippen LogP contribution in [-0.4, -0.2) is 27.8 Å². The Morgan fingerprint density at radius 3 is 3.05 bits per heavy atom. The van der Waals surface area contributed by atoms with Crippen LogP contribution in [0, 0.1) is 17.2 Å². The van der Waals surface area contributed by atoms with Gasteiger partial charge in [0.25, 0.3) is 0 Å². The Hall–Kier alpha value is -2.35. The molecule has 0 aliphatic rings. The van der Waals surface area contributed by atoms with Gasteiger partial charge in [-0.2, -0.15) is 5.26 Å². The molecule has 1 aromatic carbocycles. The third-order valence-electron chi connectivity index (χ3n) is 3.14. The summed E-state index contributed by atoms with van der Waals surface area (Å²) in [5.41, 5.74) is 2.87. The number of H-pyrrole nitrogens is 1. The molecule has 0 bridgehead atoms. The molecule has 0 aliphatic heterocycles. The summed E-state index contributed by atoms with van der Waals surface area (Å²) in [6, 6.07) is 7.87. The average molecular weight is 256 g/mol. The fourth-order valence-corrected chi connectivity index (χ4v) is 2.02. The zero-order valence-electron chi connectivity index (χ0n) is 11.1. The van der Waals surface area contributed by atoms with Crippen molar-refractivity contribution < 1.29 is 4.79 Å². The van der Waals surface area contributed by atoms with Crippen LogP contribution in [0.1, 0.15) is 18.9 Å². The predicted octanol–water partition coefficient (Wildman–Crippen LogP) is 2.07. The number of nitrogens with one attached hydrogen (secondary N) is 1. The van der Waals surface area contributed by atoms with Gasteiger partial charge in [0, 0.05) is 13.6 Å². The van der Waals surface area contributed by atoms with E-state index in [4.69, 9.17) is 5.26 Å². The van der Waals surface area contributed by atoms with Crippen molar-refractivity contribution in [2.45, 2.75) is 19.9 Å². The van der Waals surface area contributed by atoms with E-state index in [1.165, 1.54) is 0 Å². The minimum Gasteiger partial charge on any atom is -0.345 e. The molecule has 0 fully saturated rings. The molecule has 1 aromatic heterocycles. The summed E-state index contributed by atoms with van der Waals surface area (Å²) in [5.74, 6) is -0.685. The van der Waals surface area contributed by atoms with Crippen LogP contribution in [0.25, 0.3) is 11.0 Å². The van der Waals surface area contributed by atoms with Crippen LogP contribution < -0.4 is 0 Å². The minimum atomic E-state index is -0.555. The first-order valence-electron chi connectivity index (χ1n) is 6.22. The first kappa shape index (κ1) is 13.1. The van der Waals surface area contributed by atoms with Crippen LogP contribution in [-0.2, 0) is 11.3 Å². The Morgan fingerprint density at radius 1 is 1.58 bits per heavy atom. The molecular weight excluding hydrogens is 240 g/mol. The third kappa shape index (κ3) is 2.74. The van der Waals surface area contributed by atoms with Gasteiger partial charge in [-0.25, -0.2) is 4.98 Å². The SMILES string of the molecule is CCC(C#N)C(=O)N(C)Cc1ccc2nc[nH]c2c1. The van der Waals surface area contributed by atoms with Gasteiger partial charge in [-0.15, -0.1) is 0 Å². The van der Waals surface area contributed by atoms with E-state index < -0.39 is 5.92 Å². The second-order valence-electron chi connectivity index (χ2n) is 4.54. The normalized spacial score (nSPS) is 12.1. The maximum atomic E-state index is 12.0. The van der Waals surface area contributed by atoms with Gasteiger partial charge in [0.2, 0.25) is 5.91 Å². The molecule has 0 spiro atoms. The number of benzene rings is 1.